The molecule has 7 unspecified atom stereocenters. The third-order valence-corrected chi connectivity index (χ3v) is 7.20. The minimum atomic E-state index is -0.863. The number of fused-ring (bicyclic) bond motifs is 1. The van der Waals surface area contributed by atoms with Gasteiger partial charge < -0.3 is 10.1 Å². The molecule has 0 aromatic carbocycles. The molecular formula is C18H32ClFN4O. The zero-order chi connectivity index (χ0) is 17.2. The minimum absolute atomic E-state index is 0.240. The van der Waals surface area contributed by atoms with Crippen molar-refractivity contribution in [3.8, 4) is 0 Å². The van der Waals surface area contributed by atoms with Crippen molar-refractivity contribution in [3.05, 3.63) is 0 Å². The third-order valence-electron chi connectivity index (χ3n) is 6.71. The first-order valence-electron chi connectivity index (χ1n) is 10.1. The molecule has 4 N–H and O–H groups in total. The van der Waals surface area contributed by atoms with E-state index in [1.165, 1.54) is 6.42 Å². The van der Waals surface area contributed by atoms with Crippen LogP contribution in [0.1, 0.15) is 38.5 Å². The summed E-state index contributed by atoms with van der Waals surface area (Å²) in [5.74, 6) is 1.48. The van der Waals surface area contributed by atoms with Gasteiger partial charge in [0.1, 0.15) is 6.17 Å². The van der Waals surface area contributed by atoms with Crippen molar-refractivity contribution in [2.45, 2.75) is 68.4 Å². The molecule has 0 aromatic rings. The first-order valence-corrected chi connectivity index (χ1v) is 10.5. The Bertz CT molecular complexity index is 439. The Morgan fingerprint density at radius 3 is 2.84 bits per heavy atom. The van der Waals surface area contributed by atoms with Gasteiger partial charge in [-0.15, -0.1) is 11.6 Å². The monoisotopic (exact) mass is 374 g/mol. The van der Waals surface area contributed by atoms with Crippen LogP contribution >= 0.6 is 11.6 Å². The lowest BCUT2D eigenvalue weighted by molar-refractivity contribution is 0.0172. The molecule has 3 aliphatic heterocycles. The molecule has 0 spiro atoms. The number of rotatable bonds is 4. The molecule has 4 fully saturated rings. The van der Waals surface area contributed by atoms with Gasteiger partial charge in [-0.2, -0.15) is 0 Å². The lowest BCUT2D eigenvalue weighted by Gasteiger charge is -2.50. The normalized spacial score (nSPS) is 48.2. The van der Waals surface area contributed by atoms with Crippen LogP contribution < -0.4 is 21.5 Å². The second-order valence-corrected chi connectivity index (χ2v) is 8.82. The highest BCUT2D eigenvalue weighted by atomic mass is 35.5. The van der Waals surface area contributed by atoms with Crippen molar-refractivity contribution < 1.29 is 9.13 Å². The number of alkyl halides is 2. The van der Waals surface area contributed by atoms with Gasteiger partial charge >= 0.3 is 0 Å². The quantitative estimate of drug-likeness (QED) is 0.562. The second-order valence-electron chi connectivity index (χ2n) is 8.26. The highest BCUT2D eigenvalue weighted by Gasteiger charge is 2.45. The maximum Gasteiger partial charge on any atom is 0.117 e. The summed E-state index contributed by atoms with van der Waals surface area (Å²) in [6, 6.07) is 0.343. The molecule has 4 rings (SSSR count). The maximum atomic E-state index is 14.2. The summed E-state index contributed by atoms with van der Waals surface area (Å²) in [6.07, 6.45) is 5.62. The summed E-state index contributed by atoms with van der Waals surface area (Å²) in [7, 11) is 0. The summed E-state index contributed by atoms with van der Waals surface area (Å²) in [4.78, 5) is 0. The molecule has 1 aliphatic carbocycles. The van der Waals surface area contributed by atoms with Gasteiger partial charge in [0.15, 0.2) is 0 Å². The number of hydrogen-bond donors (Lipinski definition) is 4. The van der Waals surface area contributed by atoms with Crippen LogP contribution in [0.15, 0.2) is 0 Å². The molecule has 4 aliphatic rings. The molecule has 0 bridgehead atoms. The Morgan fingerprint density at radius 2 is 2.04 bits per heavy atom. The van der Waals surface area contributed by atoms with E-state index < -0.39 is 6.17 Å². The molecule has 8 atom stereocenters. The Hall–Kier alpha value is 0.0200. The first-order chi connectivity index (χ1) is 12.2. The van der Waals surface area contributed by atoms with Crippen LogP contribution in [0.4, 0.5) is 4.39 Å². The number of halogens is 2. The fourth-order valence-corrected chi connectivity index (χ4v) is 5.51. The van der Waals surface area contributed by atoms with Crippen molar-refractivity contribution in [3.63, 3.8) is 0 Å². The standard InChI is InChI=1S/C18H32ClFN4O/c19-15-4-3-11(8-16(15)20)17-13-5-6-21-10-14(13)18(24-23-17)22-9-12-2-1-7-25-12/h11-18,21-24H,1-10H2/t11?,12-,13?,14?,15?,16?,17?,18?/m1/s1. The summed E-state index contributed by atoms with van der Waals surface area (Å²) in [6.45, 7) is 3.87. The van der Waals surface area contributed by atoms with Crippen LogP contribution in [0.2, 0.25) is 0 Å². The van der Waals surface area contributed by atoms with Gasteiger partial charge in [0.2, 0.25) is 0 Å². The lowest BCUT2D eigenvalue weighted by atomic mass is 9.70. The van der Waals surface area contributed by atoms with E-state index in [4.69, 9.17) is 16.3 Å². The smallest absolute Gasteiger partial charge is 0.117 e. The Kier molecular flexibility index (Phi) is 6.15. The number of nitrogens with one attached hydrogen (secondary N) is 4. The van der Waals surface area contributed by atoms with Gasteiger partial charge in [-0.25, -0.2) is 9.82 Å². The largest absolute Gasteiger partial charge is 0.377 e. The van der Waals surface area contributed by atoms with E-state index >= 15 is 0 Å². The van der Waals surface area contributed by atoms with E-state index in [9.17, 15) is 4.39 Å². The van der Waals surface area contributed by atoms with E-state index in [-0.39, 0.29) is 11.5 Å². The van der Waals surface area contributed by atoms with Gasteiger partial charge in [0, 0.05) is 31.7 Å². The van der Waals surface area contributed by atoms with Gasteiger partial charge in [-0.05, 0) is 56.9 Å². The molecule has 0 radical (unpaired) electrons. The Balaban J connectivity index is 1.37. The predicted octanol–water partition coefficient (Wildman–Crippen LogP) is 1.53. The highest BCUT2D eigenvalue weighted by Crippen LogP contribution is 2.39. The first kappa shape index (κ1) is 18.4. The second kappa shape index (κ2) is 8.36. The maximum absolute atomic E-state index is 14.2. The van der Waals surface area contributed by atoms with Crippen molar-refractivity contribution in [1.29, 1.82) is 0 Å². The van der Waals surface area contributed by atoms with E-state index in [0.29, 0.717) is 36.3 Å². The number of ether oxygens (including phenoxy) is 1. The average molecular weight is 375 g/mol. The van der Waals surface area contributed by atoms with Crippen LogP contribution in [0.25, 0.3) is 0 Å². The lowest BCUT2D eigenvalue weighted by Crippen LogP contribution is -2.70. The van der Waals surface area contributed by atoms with Crippen molar-refractivity contribution in [2.24, 2.45) is 17.8 Å². The molecule has 5 nitrogen and oxygen atoms in total. The molecular weight excluding hydrogens is 343 g/mol. The Morgan fingerprint density at radius 1 is 1.12 bits per heavy atom. The molecule has 0 amide bonds. The van der Waals surface area contributed by atoms with Crippen molar-refractivity contribution in [2.75, 3.05) is 26.2 Å². The summed E-state index contributed by atoms with van der Waals surface area (Å²) < 4.78 is 19.9. The number of hydrazine groups is 1. The van der Waals surface area contributed by atoms with Gasteiger partial charge in [-0.1, -0.05) is 0 Å². The number of piperidine rings is 1. The van der Waals surface area contributed by atoms with Crippen LogP contribution in [-0.4, -0.2) is 56.1 Å². The molecule has 7 heteroatoms. The van der Waals surface area contributed by atoms with E-state index in [1.54, 1.807) is 0 Å². The van der Waals surface area contributed by atoms with E-state index in [2.05, 4.69) is 21.5 Å². The molecule has 3 saturated heterocycles. The van der Waals surface area contributed by atoms with Gasteiger partial charge in [0.25, 0.3) is 0 Å². The average Bonchev–Trinajstić information content (AvgIpc) is 3.15. The van der Waals surface area contributed by atoms with Crippen molar-refractivity contribution >= 4 is 11.6 Å². The molecule has 1 saturated carbocycles. The molecule has 3 heterocycles. The fraction of sp³-hybridized carbons (Fsp3) is 1.00. The van der Waals surface area contributed by atoms with Crippen LogP contribution in [-0.2, 0) is 4.74 Å². The summed E-state index contributed by atoms with van der Waals surface area (Å²) >= 11 is 6.09. The SMILES string of the molecule is FC1CC(C2NNC(NC[C@H]3CCCO3)C3CNCCC32)CCC1Cl. The van der Waals surface area contributed by atoms with Crippen molar-refractivity contribution in [1.82, 2.24) is 21.5 Å². The van der Waals surface area contributed by atoms with Crippen LogP contribution in [0, 0.1) is 17.8 Å². The minimum Gasteiger partial charge on any atom is -0.377 e. The predicted molar refractivity (Wildman–Crippen MR) is 97.2 cm³/mol. The van der Waals surface area contributed by atoms with Gasteiger partial charge in [0.05, 0.1) is 17.6 Å². The van der Waals surface area contributed by atoms with Crippen LogP contribution in [0.5, 0.6) is 0 Å². The number of hydrogen-bond acceptors (Lipinski definition) is 5. The fourth-order valence-electron chi connectivity index (χ4n) is 5.28. The van der Waals surface area contributed by atoms with Crippen LogP contribution in [0.3, 0.4) is 0 Å². The summed E-state index contributed by atoms with van der Waals surface area (Å²) in [5.41, 5.74) is 7.06. The topological polar surface area (TPSA) is 57.3 Å². The third kappa shape index (κ3) is 4.14. The zero-order valence-electron chi connectivity index (χ0n) is 14.9. The summed E-state index contributed by atoms with van der Waals surface area (Å²) in [5, 5.41) is 6.92. The van der Waals surface area contributed by atoms with E-state index in [0.717, 1.165) is 51.9 Å². The molecule has 0 aromatic heterocycles. The Labute approximate surface area is 155 Å². The highest BCUT2D eigenvalue weighted by molar-refractivity contribution is 6.21. The zero-order valence-corrected chi connectivity index (χ0v) is 15.6. The molecule has 144 valence electrons. The van der Waals surface area contributed by atoms with E-state index in [1.807, 2.05) is 0 Å². The van der Waals surface area contributed by atoms with Gasteiger partial charge in [-0.3, -0.25) is 10.7 Å². The molecule has 25 heavy (non-hydrogen) atoms.